The van der Waals surface area contributed by atoms with E-state index < -0.39 is 0 Å². The van der Waals surface area contributed by atoms with Crippen LogP contribution in [0.1, 0.15) is 23.8 Å². The van der Waals surface area contributed by atoms with Crippen LogP contribution in [0.4, 0.5) is 10.9 Å². The molecule has 4 rings (SSSR count). The third-order valence-electron chi connectivity index (χ3n) is 4.78. The quantitative estimate of drug-likeness (QED) is 0.621. The van der Waals surface area contributed by atoms with Crippen LogP contribution in [0.15, 0.2) is 48.0 Å². The van der Waals surface area contributed by atoms with Crippen LogP contribution in [-0.4, -0.2) is 52.3 Å². The van der Waals surface area contributed by atoms with Crippen LogP contribution < -0.4 is 10.1 Å². The molecule has 1 aromatic carbocycles. The van der Waals surface area contributed by atoms with Gasteiger partial charge in [-0.25, -0.2) is 4.98 Å². The van der Waals surface area contributed by atoms with Crippen LogP contribution in [-0.2, 0) is 9.53 Å². The van der Waals surface area contributed by atoms with Gasteiger partial charge < -0.3 is 19.7 Å². The molecule has 30 heavy (non-hydrogen) atoms. The van der Waals surface area contributed by atoms with Gasteiger partial charge in [0.1, 0.15) is 23.2 Å². The number of carbonyl (C=O) groups excluding carboxylic acids is 1. The monoisotopic (exact) mass is 425 g/mol. The fourth-order valence-corrected chi connectivity index (χ4v) is 3.67. The number of aromatic nitrogens is 3. The molecule has 0 bridgehead atoms. The van der Waals surface area contributed by atoms with Gasteiger partial charge in [-0.15, -0.1) is 10.2 Å². The van der Waals surface area contributed by atoms with Crippen molar-refractivity contribution in [2.24, 2.45) is 0 Å². The van der Waals surface area contributed by atoms with Crippen molar-refractivity contribution >= 4 is 28.2 Å². The molecule has 1 amide bonds. The number of para-hydroxylation sites is 1. The summed E-state index contributed by atoms with van der Waals surface area (Å²) in [6.07, 6.45) is 0.0591. The molecule has 3 aromatic rings. The van der Waals surface area contributed by atoms with Gasteiger partial charge in [-0.05, 0) is 30.7 Å². The number of nitrogens with one attached hydrogen (secondary N) is 1. The highest BCUT2D eigenvalue weighted by atomic mass is 32.1. The minimum Gasteiger partial charge on any atom is -0.493 e. The molecule has 1 aliphatic rings. The minimum absolute atomic E-state index is 0.0556. The van der Waals surface area contributed by atoms with Crippen molar-refractivity contribution in [3.05, 3.63) is 59.2 Å². The molecule has 1 atom stereocenters. The third-order valence-corrected chi connectivity index (χ3v) is 5.39. The molecule has 8 nitrogen and oxygen atoms in total. The number of amides is 1. The predicted molar refractivity (Wildman–Crippen MR) is 114 cm³/mol. The van der Waals surface area contributed by atoms with Crippen molar-refractivity contribution in [2.75, 3.05) is 31.6 Å². The highest BCUT2D eigenvalue weighted by Gasteiger charge is 2.26. The number of hydrogen-bond donors (Lipinski definition) is 1. The Hall–Kier alpha value is -3.04. The SMILES string of the molecule is Cc1ccccc1OCCC(=O)N1CCO[C@@H](c2cccc(Nc3nncs3)n2)C1. The topological polar surface area (TPSA) is 89.5 Å². The van der Waals surface area contributed by atoms with E-state index >= 15 is 0 Å². The van der Waals surface area contributed by atoms with Crippen LogP contribution in [0.2, 0.25) is 0 Å². The molecular weight excluding hydrogens is 402 g/mol. The summed E-state index contributed by atoms with van der Waals surface area (Å²) in [5.74, 6) is 1.54. The fraction of sp³-hybridized carbons (Fsp3) is 0.333. The smallest absolute Gasteiger partial charge is 0.226 e. The molecule has 1 N–H and O–H groups in total. The molecule has 3 heterocycles. The summed E-state index contributed by atoms with van der Waals surface area (Å²) in [5.41, 5.74) is 3.49. The van der Waals surface area contributed by atoms with Gasteiger partial charge in [-0.2, -0.15) is 0 Å². The average molecular weight is 426 g/mol. The number of anilines is 2. The van der Waals surface area contributed by atoms with E-state index in [1.165, 1.54) is 11.3 Å². The molecule has 0 saturated carbocycles. The van der Waals surface area contributed by atoms with Gasteiger partial charge in [0.05, 0.1) is 31.9 Å². The summed E-state index contributed by atoms with van der Waals surface area (Å²) in [6, 6.07) is 13.5. The number of pyridine rings is 1. The largest absolute Gasteiger partial charge is 0.493 e. The van der Waals surface area contributed by atoms with Gasteiger partial charge in [0.25, 0.3) is 0 Å². The molecule has 0 radical (unpaired) electrons. The van der Waals surface area contributed by atoms with E-state index in [-0.39, 0.29) is 12.0 Å². The molecule has 1 fully saturated rings. The van der Waals surface area contributed by atoms with Crippen LogP contribution in [0, 0.1) is 6.92 Å². The van der Waals surface area contributed by atoms with E-state index in [4.69, 9.17) is 9.47 Å². The van der Waals surface area contributed by atoms with Gasteiger partial charge in [0, 0.05) is 6.54 Å². The number of benzene rings is 1. The lowest BCUT2D eigenvalue weighted by Crippen LogP contribution is -2.42. The van der Waals surface area contributed by atoms with Crippen LogP contribution in [0.25, 0.3) is 0 Å². The van der Waals surface area contributed by atoms with Crippen LogP contribution in [0.3, 0.4) is 0 Å². The summed E-state index contributed by atoms with van der Waals surface area (Å²) in [6.45, 7) is 3.86. The first kappa shape index (κ1) is 20.2. The van der Waals surface area contributed by atoms with Gasteiger partial charge in [-0.3, -0.25) is 4.79 Å². The number of nitrogens with zero attached hydrogens (tertiary/aromatic N) is 4. The van der Waals surface area contributed by atoms with Crippen LogP contribution >= 0.6 is 11.3 Å². The van der Waals surface area contributed by atoms with E-state index in [1.807, 2.05) is 54.3 Å². The second-order valence-electron chi connectivity index (χ2n) is 6.88. The van der Waals surface area contributed by atoms with Crippen molar-refractivity contribution in [1.82, 2.24) is 20.1 Å². The van der Waals surface area contributed by atoms with Crippen molar-refractivity contribution < 1.29 is 14.3 Å². The molecule has 1 aliphatic heterocycles. The van der Waals surface area contributed by atoms with Gasteiger partial charge in [0.2, 0.25) is 11.0 Å². The summed E-state index contributed by atoms with van der Waals surface area (Å²) < 4.78 is 11.6. The highest BCUT2D eigenvalue weighted by molar-refractivity contribution is 7.13. The Morgan fingerprint density at radius 3 is 3.03 bits per heavy atom. The maximum absolute atomic E-state index is 12.7. The number of aryl methyl sites for hydroxylation is 1. The lowest BCUT2D eigenvalue weighted by atomic mass is 10.1. The predicted octanol–water partition coefficient (Wildman–Crippen LogP) is 3.35. The first-order valence-corrected chi connectivity index (χ1v) is 10.6. The molecule has 1 saturated heterocycles. The second kappa shape index (κ2) is 9.64. The Kier molecular flexibility index (Phi) is 6.50. The number of rotatable bonds is 7. The summed E-state index contributed by atoms with van der Waals surface area (Å²) in [4.78, 5) is 19.1. The number of hydrogen-bond acceptors (Lipinski definition) is 8. The standard InChI is InChI=1S/C21H23N5O3S/c1-15-5-2-3-7-17(15)28-11-9-20(27)26-10-12-29-18(13-26)16-6-4-8-19(23-16)24-21-25-22-14-30-21/h2-8,14,18H,9-13H2,1H3,(H,23,24,25)/t18-/m1/s1. The summed E-state index contributed by atoms with van der Waals surface area (Å²) >= 11 is 1.40. The second-order valence-corrected chi connectivity index (χ2v) is 7.71. The van der Waals surface area contributed by atoms with Gasteiger partial charge in [0.15, 0.2) is 0 Å². The Bertz CT molecular complexity index is 982. The molecule has 9 heteroatoms. The van der Waals surface area contributed by atoms with Crippen molar-refractivity contribution in [1.29, 1.82) is 0 Å². The fourth-order valence-electron chi connectivity index (χ4n) is 3.22. The van der Waals surface area contributed by atoms with E-state index in [9.17, 15) is 4.79 Å². The van der Waals surface area contributed by atoms with E-state index in [2.05, 4.69) is 20.5 Å². The molecule has 0 unspecified atom stereocenters. The highest BCUT2D eigenvalue weighted by Crippen LogP contribution is 2.24. The maximum atomic E-state index is 12.7. The first-order chi connectivity index (χ1) is 14.7. The Labute approximate surface area is 178 Å². The van der Waals surface area contributed by atoms with Crippen LogP contribution in [0.5, 0.6) is 5.75 Å². The normalized spacial score (nSPS) is 16.3. The van der Waals surface area contributed by atoms with E-state index in [0.717, 1.165) is 17.0 Å². The summed E-state index contributed by atoms with van der Waals surface area (Å²) in [5, 5.41) is 11.6. The van der Waals surface area contributed by atoms with Gasteiger partial charge in [-0.1, -0.05) is 35.6 Å². The molecule has 0 aliphatic carbocycles. The molecule has 156 valence electrons. The Balaban J connectivity index is 1.32. The Morgan fingerprint density at radius 2 is 2.20 bits per heavy atom. The number of carbonyl (C=O) groups is 1. The van der Waals surface area contributed by atoms with E-state index in [0.29, 0.717) is 43.7 Å². The maximum Gasteiger partial charge on any atom is 0.226 e. The first-order valence-electron chi connectivity index (χ1n) is 9.77. The lowest BCUT2D eigenvalue weighted by molar-refractivity contribution is -0.139. The van der Waals surface area contributed by atoms with Crippen molar-refractivity contribution in [3.8, 4) is 5.75 Å². The average Bonchev–Trinajstić information content (AvgIpc) is 3.28. The zero-order valence-electron chi connectivity index (χ0n) is 16.7. The zero-order valence-corrected chi connectivity index (χ0v) is 17.5. The molecular formula is C21H23N5O3S. The lowest BCUT2D eigenvalue weighted by Gasteiger charge is -2.32. The van der Waals surface area contributed by atoms with E-state index in [1.54, 1.807) is 5.51 Å². The third kappa shape index (κ3) is 5.11. The minimum atomic E-state index is -0.267. The van der Waals surface area contributed by atoms with Gasteiger partial charge >= 0.3 is 0 Å². The van der Waals surface area contributed by atoms with Crippen molar-refractivity contribution in [3.63, 3.8) is 0 Å². The summed E-state index contributed by atoms with van der Waals surface area (Å²) in [7, 11) is 0. The molecule has 0 spiro atoms. The van der Waals surface area contributed by atoms with Crippen molar-refractivity contribution in [2.45, 2.75) is 19.4 Å². The molecule has 2 aromatic heterocycles. The zero-order chi connectivity index (χ0) is 20.8. The Morgan fingerprint density at radius 1 is 1.30 bits per heavy atom. The number of ether oxygens (including phenoxy) is 2. The number of morpholine rings is 1.